The van der Waals surface area contributed by atoms with E-state index in [0.29, 0.717) is 15.2 Å². The van der Waals surface area contributed by atoms with Crippen molar-refractivity contribution in [1.82, 2.24) is 10.0 Å². The minimum absolute atomic E-state index is 0.00718. The Bertz CT molecular complexity index is 452. The lowest BCUT2D eigenvalue weighted by molar-refractivity contribution is 0.429. The maximum absolute atomic E-state index is 12.0. The lowest BCUT2D eigenvalue weighted by atomic mass is 10.1. The van der Waals surface area contributed by atoms with Crippen molar-refractivity contribution < 1.29 is 8.42 Å². The van der Waals surface area contributed by atoms with Gasteiger partial charge in [0, 0.05) is 17.1 Å². The van der Waals surface area contributed by atoms with Gasteiger partial charge in [0.2, 0.25) is 0 Å². The number of halogens is 1. The Morgan fingerprint density at radius 1 is 1.56 bits per heavy atom. The summed E-state index contributed by atoms with van der Waals surface area (Å²) in [6.07, 6.45) is 1.91. The molecule has 0 amide bonds. The van der Waals surface area contributed by atoms with Gasteiger partial charge >= 0.3 is 0 Å². The highest BCUT2D eigenvalue weighted by atomic mass is 79.9. The van der Waals surface area contributed by atoms with E-state index in [2.05, 4.69) is 26.0 Å². The Hall–Kier alpha value is 0.0500. The molecule has 16 heavy (non-hydrogen) atoms. The average Bonchev–Trinajstić information content (AvgIpc) is 2.66. The Morgan fingerprint density at radius 3 is 2.94 bits per heavy atom. The molecule has 0 radical (unpaired) electrons. The highest BCUT2D eigenvalue weighted by Crippen LogP contribution is 2.27. The SMILES string of the molecule is O=S(=O)(NC1CCCNC1)c1sccc1Br. The molecule has 4 nitrogen and oxygen atoms in total. The van der Waals surface area contributed by atoms with E-state index in [1.165, 1.54) is 11.3 Å². The number of rotatable bonds is 3. The van der Waals surface area contributed by atoms with E-state index in [4.69, 9.17) is 0 Å². The van der Waals surface area contributed by atoms with Crippen LogP contribution in [0.5, 0.6) is 0 Å². The van der Waals surface area contributed by atoms with E-state index in [0.717, 1.165) is 19.4 Å². The van der Waals surface area contributed by atoms with Gasteiger partial charge in [-0.25, -0.2) is 13.1 Å². The summed E-state index contributed by atoms with van der Waals surface area (Å²) in [4.78, 5) is 0. The molecule has 1 aliphatic heterocycles. The molecule has 1 fully saturated rings. The van der Waals surface area contributed by atoms with Crippen molar-refractivity contribution in [3.8, 4) is 0 Å². The molecule has 0 saturated carbocycles. The first-order chi connectivity index (χ1) is 7.59. The molecule has 2 rings (SSSR count). The molecule has 1 unspecified atom stereocenters. The van der Waals surface area contributed by atoms with Gasteiger partial charge in [0.1, 0.15) is 4.21 Å². The minimum atomic E-state index is -3.37. The van der Waals surface area contributed by atoms with Crippen LogP contribution in [0, 0.1) is 0 Å². The lowest BCUT2D eigenvalue weighted by Gasteiger charge is -2.23. The van der Waals surface area contributed by atoms with E-state index in [-0.39, 0.29) is 6.04 Å². The van der Waals surface area contributed by atoms with Crippen molar-refractivity contribution in [2.24, 2.45) is 0 Å². The Labute approximate surface area is 108 Å². The summed E-state index contributed by atoms with van der Waals surface area (Å²) < 4.78 is 27.8. The first-order valence-electron chi connectivity index (χ1n) is 5.05. The van der Waals surface area contributed by atoms with Gasteiger partial charge in [-0.15, -0.1) is 11.3 Å². The van der Waals surface area contributed by atoms with E-state index in [9.17, 15) is 8.42 Å². The number of sulfonamides is 1. The van der Waals surface area contributed by atoms with Crippen LogP contribution in [0.2, 0.25) is 0 Å². The first kappa shape index (κ1) is 12.5. The van der Waals surface area contributed by atoms with Gasteiger partial charge in [-0.1, -0.05) is 0 Å². The zero-order valence-electron chi connectivity index (χ0n) is 8.57. The first-order valence-corrected chi connectivity index (χ1v) is 8.21. The molecule has 0 bridgehead atoms. The molecule has 2 heterocycles. The molecule has 1 aliphatic rings. The number of thiophene rings is 1. The van der Waals surface area contributed by atoms with Crippen molar-refractivity contribution in [1.29, 1.82) is 0 Å². The highest BCUT2D eigenvalue weighted by Gasteiger charge is 2.24. The molecule has 0 aromatic carbocycles. The van der Waals surface area contributed by atoms with Crippen LogP contribution in [0.4, 0.5) is 0 Å². The fraction of sp³-hybridized carbons (Fsp3) is 0.556. The smallest absolute Gasteiger partial charge is 0.251 e. The molecule has 1 aromatic heterocycles. The Kier molecular flexibility index (Phi) is 4.01. The van der Waals surface area contributed by atoms with Crippen LogP contribution < -0.4 is 10.0 Å². The summed E-state index contributed by atoms with van der Waals surface area (Å²) in [5.74, 6) is 0. The fourth-order valence-electron chi connectivity index (χ4n) is 1.70. The summed E-state index contributed by atoms with van der Waals surface area (Å²) in [5.41, 5.74) is 0. The lowest BCUT2D eigenvalue weighted by Crippen LogP contribution is -2.45. The third-order valence-corrected chi connectivity index (χ3v) is 6.64. The molecule has 1 saturated heterocycles. The monoisotopic (exact) mass is 324 g/mol. The van der Waals surface area contributed by atoms with Crippen LogP contribution in [-0.2, 0) is 10.0 Å². The molecule has 0 aliphatic carbocycles. The van der Waals surface area contributed by atoms with Crippen LogP contribution in [0.15, 0.2) is 20.1 Å². The molecule has 90 valence electrons. The van der Waals surface area contributed by atoms with Crippen LogP contribution in [0.1, 0.15) is 12.8 Å². The van der Waals surface area contributed by atoms with Gasteiger partial charge in [0.25, 0.3) is 10.0 Å². The zero-order valence-corrected chi connectivity index (χ0v) is 11.8. The Morgan fingerprint density at radius 2 is 2.38 bits per heavy atom. The van der Waals surface area contributed by atoms with Crippen molar-refractivity contribution in [3.05, 3.63) is 15.9 Å². The van der Waals surface area contributed by atoms with Crippen LogP contribution in [0.25, 0.3) is 0 Å². The summed E-state index contributed by atoms with van der Waals surface area (Å²) in [5, 5.41) is 4.94. The molecule has 0 spiro atoms. The average molecular weight is 325 g/mol. The van der Waals surface area contributed by atoms with Gasteiger partial charge in [0.05, 0.1) is 0 Å². The van der Waals surface area contributed by atoms with Gasteiger partial charge in [-0.2, -0.15) is 0 Å². The number of hydrogen-bond donors (Lipinski definition) is 2. The summed E-state index contributed by atoms with van der Waals surface area (Å²) >= 11 is 4.47. The molecule has 2 N–H and O–H groups in total. The van der Waals surface area contributed by atoms with Crippen molar-refractivity contribution in [2.75, 3.05) is 13.1 Å². The van der Waals surface area contributed by atoms with Gasteiger partial charge in [0.15, 0.2) is 0 Å². The molecular formula is C9H13BrN2O2S2. The Balaban J connectivity index is 2.11. The third-order valence-electron chi connectivity index (χ3n) is 2.45. The van der Waals surface area contributed by atoms with Crippen molar-refractivity contribution in [2.45, 2.75) is 23.1 Å². The van der Waals surface area contributed by atoms with E-state index < -0.39 is 10.0 Å². The molecule has 1 aromatic rings. The zero-order chi connectivity index (χ0) is 11.6. The standard InChI is InChI=1S/C9H13BrN2O2S2/c10-8-3-5-15-9(8)16(13,14)12-7-2-1-4-11-6-7/h3,5,7,11-12H,1-2,4,6H2. The second kappa shape index (κ2) is 5.14. The van der Waals surface area contributed by atoms with Gasteiger partial charge in [-0.3, -0.25) is 0 Å². The minimum Gasteiger partial charge on any atom is -0.315 e. The molecular weight excluding hydrogens is 312 g/mol. The second-order valence-corrected chi connectivity index (χ2v) is 7.40. The maximum atomic E-state index is 12.0. The highest BCUT2D eigenvalue weighted by molar-refractivity contribution is 9.10. The van der Waals surface area contributed by atoms with Crippen LogP contribution in [0.3, 0.4) is 0 Å². The number of nitrogens with one attached hydrogen (secondary N) is 2. The number of piperidine rings is 1. The predicted octanol–water partition coefficient (Wildman–Crippen LogP) is 1.54. The number of hydrogen-bond acceptors (Lipinski definition) is 4. The summed E-state index contributed by atoms with van der Waals surface area (Å²) in [6, 6.07) is 1.76. The quantitative estimate of drug-likeness (QED) is 0.886. The van der Waals surface area contributed by atoms with E-state index in [1.54, 1.807) is 11.4 Å². The van der Waals surface area contributed by atoms with Gasteiger partial charge < -0.3 is 5.32 Å². The van der Waals surface area contributed by atoms with Crippen molar-refractivity contribution in [3.63, 3.8) is 0 Å². The molecule has 1 atom stereocenters. The fourth-order valence-corrected chi connectivity index (χ4v) is 5.32. The molecule has 7 heteroatoms. The normalized spacial score (nSPS) is 22.2. The van der Waals surface area contributed by atoms with Crippen LogP contribution >= 0.6 is 27.3 Å². The van der Waals surface area contributed by atoms with Crippen LogP contribution in [-0.4, -0.2) is 27.5 Å². The largest absolute Gasteiger partial charge is 0.315 e. The summed E-state index contributed by atoms with van der Waals surface area (Å²) in [6.45, 7) is 1.68. The van der Waals surface area contributed by atoms with E-state index >= 15 is 0 Å². The summed E-state index contributed by atoms with van der Waals surface area (Å²) in [7, 11) is -3.37. The van der Waals surface area contributed by atoms with Crippen molar-refractivity contribution >= 4 is 37.3 Å². The topological polar surface area (TPSA) is 58.2 Å². The van der Waals surface area contributed by atoms with Gasteiger partial charge in [-0.05, 0) is 46.8 Å². The predicted molar refractivity (Wildman–Crippen MR) is 68.2 cm³/mol. The third kappa shape index (κ3) is 2.84. The van der Waals surface area contributed by atoms with E-state index in [1.807, 2.05) is 0 Å². The maximum Gasteiger partial charge on any atom is 0.251 e. The second-order valence-electron chi connectivity index (χ2n) is 3.72.